The van der Waals surface area contributed by atoms with Crippen LogP contribution in [0.25, 0.3) is 0 Å². The van der Waals surface area contributed by atoms with Gasteiger partial charge in [0, 0.05) is 25.2 Å². The number of rotatable bonds is 7. The highest BCUT2D eigenvalue weighted by Crippen LogP contribution is 1.97. The van der Waals surface area contributed by atoms with Crippen molar-refractivity contribution in [1.29, 1.82) is 0 Å². The summed E-state index contributed by atoms with van der Waals surface area (Å²) in [5.41, 5.74) is 2.86. The molecule has 0 saturated carbocycles. The maximum Gasteiger partial charge on any atom is 0.0199 e. The van der Waals surface area contributed by atoms with Gasteiger partial charge in [-0.2, -0.15) is 0 Å². The van der Waals surface area contributed by atoms with Gasteiger partial charge in [-0.1, -0.05) is 18.5 Å². The molecule has 0 aromatic carbocycles. The second-order valence-electron chi connectivity index (χ2n) is 3.44. The number of nitrogens with zero attached hydrogens (tertiary/aromatic N) is 1. The molecule has 0 aliphatic heterocycles. The molecule has 0 fully saturated rings. The van der Waals surface area contributed by atoms with Crippen LogP contribution in [-0.4, -0.2) is 38.1 Å². The Bertz CT molecular complexity index is 146. The molecule has 0 saturated heterocycles. The molecule has 0 rings (SSSR count). The summed E-state index contributed by atoms with van der Waals surface area (Å²) in [4.78, 5) is 2.26. The Hall–Kier alpha value is -0.0500. The summed E-state index contributed by atoms with van der Waals surface area (Å²) in [6, 6.07) is 0. The van der Waals surface area contributed by atoms with E-state index in [1.165, 1.54) is 12.0 Å². The highest BCUT2D eigenvalue weighted by atomic mass is 35.5. The summed E-state index contributed by atoms with van der Waals surface area (Å²) < 4.78 is 0. The van der Waals surface area contributed by atoms with Crippen LogP contribution in [0.3, 0.4) is 0 Å². The van der Waals surface area contributed by atoms with Gasteiger partial charge in [0.15, 0.2) is 0 Å². The second-order valence-corrected chi connectivity index (χ2v) is 3.66. The van der Waals surface area contributed by atoms with Gasteiger partial charge in [0.2, 0.25) is 0 Å². The van der Waals surface area contributed by atoms with Crippen LogP contribution in [0.2, 0.25) is 0 Å². The van der Waals surface area contributed by atoms with Crippen molar-refractivity contribution in [3.8, 4) is 0 Å². The minimum atomic E-state index is 0.956. The molecule has 0 aromatic heterocycles. The van der Waals surface area contributed by atoms with Gasteiger partial charge in [0.05, 0.1) is 0 Å². The lowest BCUT2D eigenvalue weighted by atomic mass is 10.3. The van der Waals surface area contributed by atoms with E-state index in [1.54, 1.807) is 5.54 Å². The highest BCUT2D eigenvalue weighted by Gasteiger charge is 1.97. The first-order valence-corrected chi connectivity index (χ1v) is 5.29. The van der Waals surface area contributed by atoms with Crippen LogP contribution in [-0.2, 0) is 0 Å². The van der Waals surface area contributed by atoms with Crippen molar-refractivity contribution in [2.45, 2.75) is 20.3 Å². The molecule has 0 bridgehead atoms. The van der Waals surface area contributed by atoms with Crippen molar-refractivity contribution in [2.24, 2.45) is 0 Å². The minimum Gasteiger partial charge on any atom is -0.315 e. The number of halogens is 1. The van der Waals surface area contributed by atoms with Crippen LogP contribution in [0.5, 0.6) is 0 Å². The van der Waals surface area contributed by atoms with E-state index in [9.17, 15) is 0 Å². The smallest absolute Gasteiger partial charge is 0.0199 e. The van der Waals surface area contributed by atoms with E-state index < -0.39 is 0 Å². The lowest BCUT2D eigenvalue weighted by molar-refractivity contribution is 0.358. The highest BCUT2D eigenvalue weighted by molar-refractivity contribution is 6.25. The molecular weight excluding hydrogens is 184 g/mol. The van der Waals surface area contributed by atoms with Gasteiger partial charge in [0.1, 0.15) is 0 Å². The summed E-state index contributed by atoms with van der Waals surface area (Å²) in [6.07, 6.45) is 1.20. The predicted molar refractivity (Wildman–Crippen MR) is 60.3 cm³/mol. The molecule has 1 N–H and O–H groups in total. The van der Waals surface area contributed by atoms with E-state index in [0.717, 1.165) is 26.2 Å². The van der Waals surface area contributed by atoms with Crippen molar-refractivity contribution in [3.05, 3.63) is 11.1 Å². The van der Waals surface area contributed by atoms with Crippen molar-refractivity contribution in [3.63, 3.8) is 0 Å². The predicted octanol–water partition coefficient (Wildman–Crippen LogP) is 2.06. The van der Waals surface area contributed by atoms with Gasteiger partial charge in [-0.25, -0.2) is 0 Å². The molecule has 0 aliphatic carbocycles. The molecule has 0 heterocycles. The van der Waals surface area contributed by atoms with Gasteiger partial charge in [0.25, 0.3) is 0 Å². The zero-order valence-electron chi connectivity index (χ0n) is 8.94. The standard InChI is InChI=1S/C10H21ClN2/c1-4-5-12-6-7-13(3)9-10(2)8-11/h8,12H,4-7,9H2,1-3H3. The van der Waals surface area contributed by atoms with Crippen molar-refractivity contribution in [1.82, 2.24) is 10.2 Å². The van der Waals surface area contributed by atoms with E-state index in [1.807, 2.05) is 6.92 Å². The van der Waals surface area contributed by atoms with E-state index in [-0.39, 0.29) is 0 Å². The van der Waals surface area contributed by atoms with Gasteiger partial charge >= 0.3 is 0 Å². The second kappa shape index (κ2) is 8.54. The Labute approximate surface area is 86.9 Å². The zero-order valence-corrected chi connectivity index (χ0v) is 9.69. The van der Waals surface area contributed by atoms with Crippen LogP contribution < -0.4 is 5.32 Å². The third-order valence-corrected chi connectivity index (χ3v) is 2.18. The van der Waals surface area contributed by atoms with Crippen LogP contribution >= 0.6 is 11.6 Å². The molecule has 0 unspecified atom stereocenters. The normalized spacial score (nSPS) is 12.5. The monoisotopic (exact) mass is 204 g/mol. The Balaban J connectivity index is 3.35. The molecular formula is C10H21ClN2. The third-order valence-electron chi connectivity index (χ3n) is 1.80. The Morgan fingerprint density at radius 2 is 2.15 bits per heavy atom. The first-order valence-electron chi connectivity index (χ1n) is 4.85. The van der Waals surface area contributed by atoms with E-state index in [2.05, 4.69) is 24.2 Å². The number of likely N-dealkylation sites (N-methyl/N-ethyl adjacent to an activating group) is 1. The van der Waals surface area contributed by atoms with Gasteiger partial charge in [-0.05, 0) is 32.5 Å². The van der Waals surface area contributed by atoms with Crippen molar-refractivity contribution < 1.29 is 0 Å². The number of hydrogen-bond donors (Lipinski definition) is 1. The topological polar surface area (TPSA) is 15.3 Å². The number of hydrogen-bond acceptors (Lipinski definition) is 2. The summed E-state index contributed by atoms with van der Waals surface area (Å²) in [5.74, 6) is 0. The molecule has 0 radical (unpaired) electrons. The molecule has 3 heteroatoms. The molecule has 0 spiro atoms. The van der Waals surface area contributed by atoms with E-state index >= 15 is 0 Å². The molecule has 2 nitrogen and oxygen atoms in total. The number of nitrogens with one attached hydrogen (secondary N) is 1. The van der Waals surface area contributed by atoms with Crippen LogP contribution in [0.1, 0.15) is 20.3 Å². The summed E-state index contributed by atoms with van der Waals surface area (Å²) in [7, 11) is 2.11. The van der Waals surface area contributed by atoms with Crippen LogP contribution in [0.4, 0.5) is 0 Å². The average molecular weight is 205 g/mol. The quantitative estimate of drug-likeness (QED) is 0.639. The third kappa shape index (κ3) is 8.28. The molecule has 13 heavy (non-hydrogen) atoms. The van der Waals surface area contributed by atoms with E-state index in [0.29, 0.717) is 0 Å². The lowest BCUT2D eigenvalue weighted by Crippen LogP contribution is -2.30. The minimum absolute atomic E-state index is 0.956. The van der Waals surface area contributed by atoms with Crippen molar-refractivity contribution >= 4 is 11.6 Å². The average Bonchev–Trinajstić information content (AvgIpc) is 2.12. The van der Waals surface area contributed by atoms with E-state index in [4.69, 9.17) is 11.6 Å². The Morgan fingerprint density at radius 1 is 1.46 bits per heavy atom. The Morgan fingerprint density at radius 3 is 2.69 bits per heavy atom. The maximum atomic E-state index is 5.58. The van der Waals surface area contributed by atoms with Crippen molar-refractivity contribution in [2.75, 3.05) is 33.2 Å². The first kappa shape index (κ1) is 12.9. The maximum absolute atomic E-state index is 5.58. The molecule has 78 valence electrons. The summed E-state index contributed by atoms with van der Waals surface area (Å²) in [5, 5.41) is 3.36. The summed E-state index contributed by atoms with van der Waals surface area (Å²) in [6.45, 7) is 8.41. The lowest BCUT2D eigenvalue weighted by Gasteiger charge is -2.16. The van der Waals surface area contributed by atoms with Gasteiger partial charge in [-0.15, -0.1) is 0 Å². The van der Waals surface area contributed by atoms with Crippen LogP contribution in [0, 0.1) is 0 Å². The fourth-order valence-electron chi connectivity index (χ4n) is 1.11. The molecule has 0 aliphatic rings. The summed E-state index contributed by atoms with van der Waals surface area (Å²) >= 11 is 5.58. The Kier molecular flexibility index (Phi) is 8.51. The zero-order chi connectivity index (χ0) is 10.1. The SMILES string of the molecule is CCCNCCN(C)CC(C)=CCl. The van der Waals surface area contributed by atoms with Gasteiger partial charge in [-0.3, -0.25) is 0 Å². The van der Waals surface area contributed by atoms with Crippen LogP contribution in [0.15, 0.2) is 11.1 Å². The molecule has 0 aromatic rings. The fraction of sp³-hybridized carbons (Fsp3) is 0.800. The van der Waals surface area contributed by atoms with Gasteiger partial charge < -0.3 is 10.2 Å². The molecule has 0 amide bonds. The fourth-order valence-corrected chi connectivity index (χ4v) is 1.18. The largest absolute Gasteiger partial charge is 0.315 e. The first-order chi connectivity index (χ1) is 6.20. The molecule has 0 atom stereocenters.